The maximum Gasteiger partial charge on any atom is 0.326 e. The Labute approximate surface area is 227 Å². The summed E-state index contributed by atoms with van der Waals surface area (Å²) < 4.78 is 55.2. The molecule has 13 heteroatoms. The number of amides is 2. The van der Waals surface area contributed by atoms with Gasteiger partial charge in [-0.3, -0.25) is 9.59 Å². The molecule has 0 saturated carbocycles. The SMILES string of the molecule is CC(C)[C@@H](Nc1ccc(CNC(=O)[C@@H]2SCCN2C(=O)C[C@H](N)Cc2cc(F)c(F)cc2F)c(F)c1)C(=O)O. The number of carbonyl (C=O) groups is 3. The summed E-state index contributed by atoms with van der Waals surface area (Å²) in [6, 6.07) is 3.41. The second-order valence-electron chi connectivity index (χ2n) is 9.56. The van der Waals surface area contributed by atoms with E-state index in [0.717, 1.165) is 6.07 Å². The average molecular weight is 571 g/mol. The van der Waals surface area contributed by atoms with Gasteiger partial charge in [0, 0.05) is 48.6 Å². The topological polar surface area (TPSA) is 125 Å². The Morgan fingerprint density at radius 3 is 2.36 bits per heavy atom. The first-order chi connectivity index (χ1) is 18.4. The number of nitrogens with one attached hydrogen (secondary N) is 2. The van der Waals surface area contributed by atoms with Gasteiger partial charge in [-0.25, -0.2) is 22.4 Å². The fraction of sp³-hybridized carbons (Fsp3) is 0.423. The van der Waals surface area contributed by atoms with Crippen molar-refractivity contribution in [1.82, 2.24) is 10.2 Å². The molecule has 0 bridgehead atoms. The van der Waals surface area contributed by atoms with E-state index in [9.17, 15) is 37.1 Å². The van der Waals surface area contributed by atoms with Crippen LogP contribution in [0, 0.1) is 29.2 Å². The number of hydrogen-bond donors (Lipinski definition) is 4. The molecule has 0 unspecified atom stereocenters. The summed E-state index contributed by atoms with van der Waals surface area (Å²) in [6.07, 6.45) is -0.458. The summed E-state index contributed by atoms with van der Waals surface area (Å²) >= 11 is 1.22. The zero-order chi connectivity index (χ0) is 28.9. The van der Waals surface area contributed by atoms with E-state index in [1.807, 2.05) is 0 Å². The van der Waals surface area contributed by atoms with Crippen LogP contribution >= 0.6 is 11.8 Å². The molecule has 3 rings (SSSR count). The molecule has 1 heterocycles. The van der Waals surface area contributed by atoms with Crippen LogP contribution in [0.2, 0.25) is 0 Å². The molecule has 3 atom stereocenters. The zero-order valence-corrected chi connectivity index (χ0v) is 22.2. The first-order valence-electron chi connectivity index (χ1n) is 12.2. The Balaban J connectivity index is 1.56. The van der Waals surface area contributed by atoms with Crippen LogP contribution in [0.3, 0.4) is 0 Å². The van der Waals surface area contributed by atoms with Crippen molar-refractivity contribution in [2.45, 2.75) is 50.7 Å². The van der Waals surface area contributed by atoms with Gasteiger partial charge >= 0.3 is 5.97 Å². The molecule has 2 amide bonds. The molecular weight excluding hydrogens is 540 g/mol. The van der Waals surface area contributed by atoms with Crippen molar-refractivity contribution in [3.05, 3.63) is 64.7 Å². The molecule has 0 aliphatic carbocycles. The fourth-order valence-electron chi connectivity index (χ4n) is 4.10. The van der Waals surface area contributed by atoms with E-state index in [1.54, 1.807) is 13.8 Å². The lowest BCUT2D eigenvalue weighted by Crippen LogP contribution is -2.46. The van der Waals surface area contributed by atoms with Crippen LogP contribution < -0.4 is 16.4 Å². The normalized spacial score (nSPS) is 16.7. The minimum Gasteiger partial charge on any atom is -0.480 e. The predicted molar refractivity (Wildman–Crippen MR) is 139 cm³/mol. The van der Waals surface area contributed by atoms with Gasteiger partial charge in [-0.1, -0.05) is 19.9 Å². The van der Waals surface area contributed by atoms with Crippen LogP contribution in [0.4, 0.5) is 23.2 Å². The first kappa shape index (κ1) is 30.2. The van der Waals surface area contributed by atoms with Gasteiger partial charge in [0.15, 0.2) is 17.0 Å². The van der Waals surface area contributed by atoms with Gasteiger partial charge in [-0.2, -0.15) is 0 Å². The minimum absolute atomic E-state index is 0.161. The van der Waals surface area contributed by atoms with Gasteiger partial charge in [0.05, 0.1) is 0 Å². The molecule has 1 fully saturated rings. The van der Waals surface area contributed by atoms with Crippen molar-refractivity contribution in [2.24, 2.45) is 11.7 Å². The van der Waals surface area contributed by atoms with Gasteiger partial charge in [0.1, 0.15) is 17.7 Å². The molecule has 1 aliphatic heterocycles. The number of halogens is 4. The lowest BCUT2D eigenvalue weighted by molar-refractivity contribution is -0.138. The van der Waals surface area contributed by atoms with E-state index in [1.165, 1.54) is 28.8 Å². The highest BCUT2D eigenvalue weighted by molar-refractivity contribution is 8.00. The summed E-state index contributed by atoms with van der Waals surface area (Å²) in [5, 5.41) is 13.8. The van der Waals surface area contributed by atoms with Gasteiger partial charge in [-0.15, -0.1) is 11.8 Å². The van der Waals surface area contributed by atoms with Crippen molar-refractivity contribution in [2.75, 3.05) is 17.6 Å². The van der Waals surface area contributed by atoms with Crippen molar-refractivity contribution in [3.8, 4) is 0 Å². The minimum atomic E-state index is -1.32. The Morgan fingerprint density at radius 1 is 1.05 bits per heavy atom. The second-order valence-corrected chi connectivity index (χ2v) is 10.8. The Bertz CT molecular complexity index is 1230. The molecule has 212 valence electrons. The molecule has 2 aromatic carbocycles. The van der Waals surface area contributed by atoms with Crippen molar-refractivity contribution in [1.29, 1.82) is 0 Å². The summed E-state index contributed by atoms with van der Waals surface area (Å²) in [7, 11) is 0. The molecule has 39 heavy (non-hydrogen) atoms. The number of anilines is 1. The highest BCUT2D eigenvalue weighted by atomic mass is 32.2. The van der Waals surface area contributed by atoms with E-state index in [4.69, 9.17) is 5.73 Å². The Morgan fingerprint density at radius 2 is 1.72 bits per heavy atom. The second kappa shape index (κ2) is 13.2. The number of aliphatic carboxylic acids is 1. The maximum atomic E-state index is 14.6. The van der Waals surface area contributed by atoms with Gasteiger partial charge in [-0.05, 0) is 36.1 Å². The molecule has 0 aromatic heterocycles. The van der Waals surface area contributed by atoms with E-state index < -0.39 is 58.5 Å². The quantitative estimate of drug-likeness (QED) is 0.242. The summed E-state index contributed by atoms with van der Waals surface area (Å²) in [5.41, 5.74) is 6.25. The third kappa shape index (κ3) is 7.85. The van der Waals surface area contributed by atoms with E-state index in [-0.39, 0.29) is 48.7 Å². The van der Waals surface area contributed by atoms with Crippen molar-refractivity contribution >= 4 is 35.2 Å². The smallest absolute Gasteiger partial charge is 0.326 e. The standard InChI is InChI=1S/C26H30F4N4O4S/c1-13(2)23(26(37)38)33-17-4-3-14(18(27)10-17)12-32-24(36)25-34(5-6-39-25)22(35)9-16(31)7-15-8-20(29)21(30)11-19(15)28/h3-4,8,10-11,13,16,23,25,33H,5-7,9,12,31H2,1-2H3,(H,32,36)(H,37,38)/t16-,23-,25+/m1/s1. The lowest BCUT2D eigenvalue weighted by atomic mass is 10.0. The zero-order valence-electron chi connectivity index (χ0n) is 21.3. The van der Waals surface area contributed by atoms with Crippen LogP contribution in [-0.2, 0) is 27.3 Å². The van der Waals surface area contributed by atoms with Gasteiger partial charge < -0.3 is 26.4 Å². The highest BCUT2D eigenvalue weighted by Crippen LogP contribution is 2.26. The summed E-state index contributed by atoms with van der Waals surface area (Å²) in [4.78, 5) is 38.3. The maximum absolute atomic E-state index is 14.6. The number of hydrogen-bond acceptors (Lipinski definition) is 6. The monoisotopic (exact) mass is 570 g/mol. The third-order valence-corrected chi connectivity index (χ3v) is 7.41. The predicted octanol–water partition coefficient (Wildman–Crippen LogP) is 3.24. The number of benzene rings is 2. The molecule has 1 saturated heterocycles. The van der Waals surface area contributed by atoms with Crippen LogP contribution in [-0.4, -0.2) is 57.5 Å². The molecule has 0 radical (unpaired) electrons. The fourth-order valence-corrected chi connectivity index (χ4v) is 5.27. The van der Waals surface area contributed by atoms with Gasteiger partial charge in [0.25, 0.3) is 5.91 Å². The highest BCUT2D eigenvalue weighted by Gasteiger charge is 2.35. The molecule has 2 aromatic rings. The number of carboxylic acid groups (broad SMARTS) is 1. The van der Waals surface area contributed by atoms with Crippen LogP contribution in [0.15, 0.2) is 30.3 Å². The van der Waals surface area contributed by atoms with Crippen LogP contribution in [0.5, 0.6) is 0 Å². The average Bonchev–Trinajstić information content (AvgIpc) is 3.35. The van der Waals surface area contributed by atoms with Gasteiger partial charge in [0.2, 0.25) is 5.91 Å². The molecule has 1 aliphatic rings. The number of nitrogens with two attached hydrogens (primary N) is 1. The Kier molecular flexibility index (Phi) is 10.2. The number of thioether (sulfide) groups is 1. The number of nitrogens with zero attached hydrogens (tertiary/aromatic N) is 1. The van der Waals surface area contributed by atoms with Crippen molar-refractivity contribution in [3.63, 3.8) is 0 Å². The Hall–Kier alpha value is -3.32. The number of carboxylic acids is 1. The largest absolute Gasteiger partial charge is 0.480 e. The van der Waals surface area contributed by atoms with E-state index >= 15 is 0 Å². The number of rotatable bonds is 11. The molecule has 5 N–H and O–H groups in total. The van der Waals surface area contributed by atoms with Crippen LogP contribution in [0.25, 0.3) is 0 Å². The molecule has 0 spiro atoms. The lowest BCUT2D eigenvalue weighted by Gasteiger charge is -2.24. The van der Waals surface area contributed by atoms with E-state index in [0.29, 0.717) is 17.9 Å². The third-order valence-electron chi connectivity index (χ3n) is 6.20. The molecule has 8 nitrogen and oxygen atoms in total. The number of carbonyl (C=O) groups excluding carboxylic acids is 2. The summed E-state index contributed by atoms with van der Waals surface area (Å²) in [5.74, 6) is -5.96. The molecular formula is C26H30F4N4O4S. The summed E-state index contributed by atoms with van der Waals surface area (Å²) in [6.45, 7) is 3.55. The first-order valence-corrected chi connectivity index (χ1v) is 13.3. The van der Waals surface area contributed by atoms with Crippen LogP contribution in [0.1, 0.15) is 31.4 Å². The van der Waals surface area contributed by atoms with Crippen molar-refractivity contribution < 1.29 is 37.1 Å². The van der Waals surface area contributed by atoms with E-state index in [2.05, 4.69) is 10.6 Å².